The number of hydrogen-bond acceptors (Lipinski definition) is 11. The third-order valence-corrected chi connectivity index (χ3v) is 5.77. The molecule has 0 spiro atoms. The summed E-state index contributed by atoms with van der Waals surface area (Å²) >= 11 is 1.00. The van der Waals surface area contributed by atoms with Crippen molar-refractivity contribution < 1.29 is 47.9 Å². The van der Waals surface area contributed by atoms with Crippen molar-refractivity contribution in [2.24, 2.45) is 0 Å². The number of methoxy groups -OCH3 is 3. The number of benzene rings is 1. The molecule has 10 nitrogen and oxygen atoms in total. The Morgan fingerprint density at radius 3 is 1.82 bits per heavy atom. The molecule has 0 saturated carbocycles. The van der Waals surface area contributed by atoms with E-state index in [4.69, 9.17) is 28.4 Å². The summed E-state index contributed by atoms with van der Waals surface area (Å²) in [5, 5.41) is 10.2. The van der Waals surface area contributed by atoms with E-state index in [1.165, 1.54) is 45.6 Å². The van der Waals surface area contributed by atoms with E-state index in [9.17, 15) is 19.5 Å². The standard InChI is InChI=1S/C23H32O10S/c1-7-31-18(24)11-10-12-34-20(23(27,21(25)32-8-2)22(26)33-9-3)15-13-16(28-4)19(30-6)17(14-15)29-5/h10-11,13-14,20,27H,7-9,12H2,1-6H3/b11-10+. The van der Waals surface area contributed by atoms with E-state index in [0.29, 0.717) is 5.56 Å². The minimum absolute atomic E-state index is 0.0735. The second kappa shape index (κ2) is 14.4. The Bertz CT molecular complexity index is 824. The van der Waals surface area contributed by atoms with Gasteiger partial charge in [0.15, 0.2) is 11.5 Å². The average molecular weight is 501 g/mol. The fraction of sp³-hybridized carbons (Fsp3) is 0.522. The second-order valence-corrected chi connectivity index (χ2v) is 7.67. The van der Waals surface area contributed by atoms with Gasteiger partial charge in [-0.3, -0.25) is 0 Å². The maximum Gasteiger partial charge on any atom is 0.351 e. The maximum absolute atomic E-state index is 12.9. The first kappa shape index (κ1) is 29.1. The van der Waals surface area contributed by atoms with Crippen LogP contribution >= 0.6 is 11.8 Å². The zero-order valence-corrected chi connectivity index (χ0v) is 21.1. The normalized spacial score (nSPS) is 12.1. The average Bonchev–Trinajstić information content (AvgIpc) is 2.83. The van der Waals surface area contributed by atoms with Crippen molar-refractivity contribution in [3.63, 3.8) is 0 Å². The minimum atomic E-state index is -2.71. The first-order valence-corrected chi connectivity index (χ1v) is 11.6. The van der Waals surface area contributed by atoms with Gasteiger partial charge in [-0.05, 0) is 38.5 Å². The topological polar surface area (TPSA) is 127 Å². The molecule has 190 valence electrons. The molecule has 0 bridgehead atoms. The molecule has 1 aromatic carbocycles. The Morgan fingerprint density at radius 2 is 1.41 bits per heavy atom. The van der Waals surface area contributed by atoms with Crippen molar-refractivity contribution >= 4 is 29.7 Å². The lowest BCUT2D eigenvalue weighted by Crippen LogP contribution is -2.52. The lowest BCUT2D eigenvalue weighted by atomic mass is 9.93. The van der Waals surface area contributed by atoms with Gasteiger partial charge in [-0.25, -0.2) is 14.4 Å². The van der Waals surface area contributed by atoms with Gasteiger partial charge >= 0.3 is 17.9 Å². The minimum Gasteiger partial charge on any atom is -0.493 e. The highest BCUT2D eigenvalue weighted by Crippen LogP contribution is 2.46. The summed E-state index contributed by atoms with van der Waals surface area (Å²) in [5.41, 5.74) is -2.41. The van der Waals surface area contributed by atoms with E-state index in [2.05, 4.69) is 0 Å². The SMILES string of the molecule is CCOC(=O)/C=C/CSC(c1cc(OC)c(OC)c(OC)c1)C(O)(C(=O)OCC)C(=O)OCC. The number of esters is 3. The van der Waals surface area contributed by atoms with E-state index in [-0.39, 0.29) is 42.8 Å². The molecule has 1 unspecified atom stereocenters. The zero-order chi connectivity index (χ0) is 25.7. The molecule has 0 aliphatic heterocycles. The Balaban J connectivity index is 3.62. The van der Waals surface area contributed by atoms with Crippen LogP contribution in [0.15, 0.2) is 24.3 Å². The molecule has 1 N–H and O–H groups in total. The van der Waals surface area contributed by atoms with E-state index in [0.717, 1.165) is 11.8 Å². The summed E-state index contributed by atoms with van der Waals surface area (Å²) in [7, 11) is 4.25. The Labute approximate surface area is 203 Å². The first-order chi connectivity index (χ1) is 16.2. The molecule has 0 saturated heterocycles. The predicted octanol–water partition coefficient (Wildman–Crippen LogP) is 2.46. The summed E-state index contributed by atoms with van der Waals surface area (Å²) < 4.78 is 31.0. The van der Waals surface area contributed by atoms with Gasteiger partial charge < -0.3 is 33.5 Å². The fourth-order valence-electron chi connectivity index (χ4n) is 2.98. The van der Waals surface area contributed by atoms with Crippen LogP contribution in [0.4, 0.5) is 0 Å². The molecule has 0 amide bonds. The smallest absolute Gasteiger partial charge is 0.351 e. The Morgan fingerprint density at radius 1 is 0.912 bits per heavy atom. The number of carbonyl (C=O) groups is 3. The summed E-state index contributed by atoms with van der Waals surface area (Å²) in [6.07, 6.45) is 2.71. The van der Waals surface area contributed by atoms with Gasteiger partial charge in [0.25, 0.3) is 5.60 Å². The van der Waals surface area contributed by atoms with Gasteiger partial charge in [0, 0.05) is 11.8 Å². The molecule has 0 aliphatic rings. The Hall–Kier alpha value is -2.92. The van der Waals surface area contributed by atoms with Gasteiger partial charge in [0.05, 0.1) is 46.4 Å². The van der Waals surface area contributed by atoms with Crippen molar-refractivity contribution in [3.05, 3.63) is 29.8 Å². The highest BCUT2D eigenvalue weighted by atomic mass is 32.2. The molecular formula is C23H32O10S. The molecule has 1 aromatic rings. The van der Waals surface area contributed by atoms with E-state index in [1.54, 1.807) is 20.8 Å². The molecule has 1 atom stereocenters. The van der Waals surface area contributed by atoms with Crippen LogP contribution in [0.5, 0.6) is 17.2 Å². The van der Waals surface area contributed by atoms with Gasteiger partial charge in [0.2, 0.25) is 5.75 Å². The number of thioether (sulfide) groups is 1. The molecular weight excluding hydrogens is 468 g/mol. The first-order valence-electron chi connectivity index (χ1n) is 10.6. The number of hydrogen-bond donors (Lipinski definition) is 1. The molecule has 11 heteroatoms. The van der Waals surface area contributed by atoms with Crippen LogP contribution in [-0.2, 0) is 28.6 Å². The second-order valence-electron chi connectivity index (χ2n) is 6.53. The molecule has 0 heterocycles. The molecule has 0 aliphatic carbocycles. The summed E-state index contributed by atoms with van der Waals surface area (Å²) in [5.74, 6) is -1.97. The largest absolute Gasteiger partial charge is 0.493 e. The van der Waals surface area contributed by atoms with E-state index < -0.39 is 28.8 Å². The van der Waals surface area contributed by atoms with Gasteiger partial charge in [-0.2, -0.15) is 0 Å². The number of carbonyl (C=O) groups excluding carboxylic acids is 3. The number of rotatable bonds is 14. The molecule has 0 radical (unpaired) electrons. The highest BCUT2D eigenvalue weighted by molar-refractivity contribution is 7.99. The molecule has 1 rings (SSSR count). The summed E-state index contributed by atoms with van der Waals surface area (Å²) in [6.45, 7) is 4.85. The third-order valence-electron chi connectivity index (χ3n) is 4.44. The molecule has 34 heavy (non-hydrogen) atoms. The fourth-order valence-corrected chi connectivity index (χ4v) is 4.14. The van der Waals surface area contributed by atoms with Crippen LogP contribution in [0.25, 0.3) is 0 Å². The number of aliphatic hydroxyl groups is 1. The van der Waals surface area contributed by atoms with Crippen molar-refractivity contribution in [2.75, 3.05) is 46.9 Å². The van der Waals surface area contributed by atoms with Gasteiger partial charge in [-0.1, -0.05) is 6.08 Å². The van der Waals surface area contributed by atoms with Crippen molar-refractivity contribution in [1.82, 2.24) is 0 Å². The maximum atomic E-state index is 12.9. The van der Waals surface area contributed by atoms with Crippen LogP contribution in [0, 0.1) is 0 Å². The molecule has 0 aromatic heterocycles. The quantitative estimate of drug-likeness (QED) is 0.175. The Kier molecular flexibility index (Phi) is 12.3. The highest BCUT2D eigenvalue weighted by Gasteiger charge is 2.55. The van der Waals surface area contributed by atoms with E-state index in [1.807, 2.05) is 0 Å². The van der Waals surface area contributed by atoms with Crippen LogP contribution in [0.1, 0.15) is 31.6 Å². The van der Waals surface area contributed by atoms with Crippen molar-refractivity contribution in [1.29, 1.82) is 0 Å². The lowest BCUT2D eigenvalue weighted by molar-refractivity contribution is -0.183. The van der Waals surface area contributed by atoms with Crippen LogP contribution in [0.3, 0.4) is 0 Å². The monoisotopic (exact) mass is 500 g/mol. The van der Waals surface area contributed by atoms with Crippen LogP contribution in [0.2, 0.25) is 0 Å². The molecule has 0 fully saturated rings. The predicted molar refractivity (Wildman–Crippen MR) is 125 cm³/mol. The van der Waals surface area contributed by atoms with Crippen molar-refractivity contribution in [2.45, 2.75) is 31.6 Å². The van der Waals surface area contributed by atoms with Crippen LogP contribution in [-0.4, -0.2) is 75.5 Å². The lowest BCUT2D eigenvalue weighted by Gasteiger charge is -2.32. The van der Waals surface area contributed by atoms with E-state index >= 15 is 0 Å². The number of ether oxygens (including phenoxy) is 6. The van der Waals surface area contributed by atoms with Gasteiger partial charge in [-0.15, -0.1) is 11.8 Å². The van der Waals surface area contributed by atoms with Crippen LogP contribution < -0.4 is 14.2 Å². The zero-order valence-electron chi connectivity index (χ0n) is 20.2. The summed E-state index contributed by atoms with van der Waals surface area (Å²) in [4.78, 5) is 37.4. The van der Waals surface area contributed by atoms with Crippen molar-refractivity contribution in [3.8, 4) is 17.2 Å². The van der Waals surface area contributed by atoms with Gasteiger partial charge in [0.1, 0.15) is 0 Å². The third kappa shape index (κ3) is 7.04. The summed E-state index contributed by atoms with van der Waals surface area (Å²) in [6, 6.07) is 3.02.